The quantitative estimate of drug-likeness (QED) is 0.646. The number of nitrogens with zero attached hydrogens (tertiary/aromatic N) is 4. The lowest BCUT2D eigenvalue weighted by Gasteiger charge is -2.36. The second-order valence-corrected chi connectivity index (χ2v) is 7.71. The van der Waals surface area contributed by atoms with Gasteiger partial charge in [-0.15, -0.1) is 21.5 Å². The third-order valence-electron chi connectivity index (χ3n) is 5.05. The van der Waals surface area contributed by atoms with Gasteiger partial charge < -0.3 is 9.15 Å². The van der Waals surface area contributed by atoms with Gasteiger partial charge in [-0.1, -0.05) is 18.2 Å². The fourth-order valence-electron chi connectivity index (χ4n) is 3.36. The van der Waals surface area contributed by atoms with Crippen molar-refractivity contribution in [2.24, 2.45) is 0 Å². The predicted octanol–water partition coefficient (Wildman–Crippen LogP) is 3.69. The van der Waals surface area contributed by atoms with Gasteiger partial charge in [-0.25, -0.2) is 0 Å². The fraction of sp³-hybridized carbons (Fsp3) is 0.400. The molecule has 0 unspecified atom stereocenters. The van der Waals surface area contributed by atoms with Crippen LogP contribution in [-0.4, -0.2) is 53.3 Å². The van der Waals surface area contributed by atoms with Gasteiger partial charge in [-0.3, -0.25) is 9.80 Å². The molecule has 7 heteroatoms. The van der Waals surface area contributed by atoms with Crippen molar-refractivity contribution in [3.8, 4) is 16.5 Å². The lowest BCUT2D eigenvalue weighted by Crippen LogP contribution is -2.46. The van der Waals surface area contributed by atoms with E-state index < -0.39 is 0 Å². The summed E-state index contributed by atoms with van der Waals surface area (Å²) < 4.78 is 11.1. The molecule has 6 nitrogen and oxygen atoms in total. The molecule has 0 N–H and O–H groups in total. The summed E-state index contributed by atoms with van der Waals surface area (Å²) in [4.78, 5) is 5.91. The lowest BCUT2D eigenvalue weighted by atomic mass is 10.1. The highest BCUT2D eigenvalue weighted by Crippen LogP contribution is 2.27. The van der Waals surface area contributed by atoms with E-state index in [1.807, 2.05) is 29.6 Å². The third kappa shape index (κ3) is 4.21. The van der Waals surface area contributed by atoms with Crippen LogP contribution in [-0.2, 0) is 6.54 Å². The van der Waals surface area contributed by atoms with Crippen LogP contribution < -0.4 is 4.74 Å². The molecule has 0 amide bonds. The summed E-state index contributed by atoms with van der Waals surface area (Å²) in [6.07, 6.45) is 0. The largest absolute Gasteiger partial charge is 0.497 e. The number of piperazine rings is 1. The normalized spacial score (nSPS) is 17.1. The number of thiophene rings is 1. The lowest BCUT2D eigenvalue weighted by molar-refractivity contribution is 0.0876. The summed E-state index contributed by atoms with van der Waals surface area (Å²) in [6, 6.07) is 12.5. The summed E-state index contributed by atoms with van der Waals surface area (Å²) >= 11 is 1.62. The Kier molecular flexibility index (Phi) is 5.52. The Morgan fingerprint density at radius 2 is 1.89 bits per heavy atom. The Balaban J connectivity index is 1.32. The molecule has 3 aromatic rings. The van der Waals surface area contributed by atoms with Crippen LogP contribution in [0.3, 0.4) is 0 Å². The predicted molar refractivity (Wildman–Crippen MR) is 106 cm³/mol. The average molecular weight is 385 g/mol. The molecule has 0 saturated carbocycles. The van der Waals surface area contributed by atoms with Gasteiger partial charge in [0.15, 0.2) is 0 Å². The summed E-state index contributed by atoms with van der Waals surface area (Å²) in [7, 11) is 1.70. The number of aromatic nitrogens is 2. The van der Waals surface area contributed by atoms with Crippen LogP contribution >= 0.6 is 11.3 Å². The van der Waals surface area contributed by atoms with Gasteiger partial charge in [0.05, 0.1) is 18.0 Å². The monoisotopic (exact) mass is 384 g/mol. The van der Waals surface area contributed by atoms with Crippen molar-refractivity contribution in [1.29, 1.82) is 0 Å². The van der Waals surface area contributed by atoms with E-state index in [1.54, 1.807) is 18.4 Å². The highest BCUT2D eigenvalue weighted by Gasteiger charge is 2.26. The highest BCUT2D eigenvalue weighted by molar-refractivity contribution is 7.13. The van der Waals surface area contributed by atoms with E-state index in [2.05, 4.69) is 39.1 Å². The fourth-order valence-corrected chi connectivity index (χ4v) is 4.00. The summed E-state index contributed by atoms with van der Waals surface area (Å²) in [5.74, 6) is 2.21. The average Bonchev–Trinajstić information content (AvgIpc) is 3.40. The zero-order valence-electron chi connectivity index (χ0n) is 15.7. The number of ether oxygens (including phenoxy) is 1. The molecular weight excluding hydrogens is 360 g/mol. The molecule has 27 heavy (non-hydrogen) atoms. The van der Waals surface area contributed by atoms with Crippen molar-refractivity contribution < 1.29 is 9.15 Å². The summed E-state index contributed by atoms with van der Waals surface area (Å²) in [5.41, 5.74) is 1.31. The van der Waals surface area contributed by atoms with Gasteiger partial charge >= 0.3 is 0 Å². The molecule has 1 aliphatic rings. The van der Waals surface area contributed by atoms with Crippen LogP contribution in [0.4, 0.5) is 0 Å². The third-order valence-corrected chi connectivity index (χ3v) is 5.91. The van der Waals surface area contributed by atoms with E-state index >= 15 is 0 Å². The molecular formula is C20H24N4O2S. The maximum atomic E-state index is 5.91. The van der Waals surface area contributed by atoms with Crippen LogP contribution in [0, 0.1) is 0 Å². The topological polar surface area (TPSA) is 54.6 Å². The maximum absolute atomic E-state index is 5.91. The highest BCUT2D eigenvalue weighted by atomic mass is 32.1. The first-order valence-corrected chi connectivity index (χ1v) is 10.1. The number of hydrogen-bond donors (Lipinski definition) is 0. The minimum Gasteiger partial charge on any atom is -0.497 e. The molecule has 2 aromatic heterocycles. The smallest absolute Gasteiger partial charge is 0.257 e. The first kappa shape index (κ1) is 18.2. The molecule has 0 spiro atoms. The molecule has 1 fully saturated rings. The molecule has 0 aliphatic carbocycles. The zero-order valence-corrected chi connectivity index (χ0v) is 16.5. The minimum atomic E-state index is 0.134. The van der Waals surface area contributed by atoms with Crippen molar-refractivity contribution in [3.63, 3.8) is 0 Å². The SMILES string of the molecule is COc1ccc(CN2CCN([C@@H](C)c3nnc(-c4cccs4)o3)CC2)cc1. The van der Waals surface area contributed by atoms with Gasteiger partial charge in [0.1, 0.15) is 5.75 Å². The number of methoxy groups -OCH3 is 1. The van der Waals surface area contributed by atoms with E-state index in [0.29, 0.717) is 11.8 Å². The zero-order chi connectivity index (χ0) is 18.6. The Morgan fingerprint density at radius 3 is 2.56 bits per heavy atom. The van der Waals surface area contributed by atoms with Crippen LogP contribution in [0.5, 0.6) is 5.75 Å². The molecule has 0 radical (unpaired) electrons. The van der Waals surface area contributed by atoms with Crippen LogP contribution in [0.1, 0.15) is 24.4 Å². The van der Waals surface area contributed by atoms with E-state index in [0.717, 1.165) is 43.4 Å². The summed E-state index contributed by atoms with van der Waals surface area (Å²) in [6.45, 7) is 7.16. The first-order chi connectivity index (χ1) is 13.2. The molecule has 3 heterocycles. The van der Waals surface area contributed by atoms with Gasteiger partial charge in [0, 0.05) is 32.7 Å². The van der Waals surface area contributed by atoms with Crippen LogP contribution in [0.25, 0.3) is 10.8 Å². The van der Waals surface area contributed by atoms with E-state index in [-0.39, 0.29) is 6.04 Å². The minimum absolute atomic E-state index is 0.134. The van der Waals surface area contributed by atoms with E-state index in [9.17, 15) is 0 Å². The first-order valence-electron chi connectivity index (χ1n) is 9.19. The van der Waals surface area contributed by atoms with E-state index in [1.165, 1.54) is 5.56 Å². The van der Waals surface area contributed by atoms with Gasteiger partial charge in [0.25, 0.3) is 5.89 Å². The Morgan fingerprint density at radius 1 is 1.11 bits per heavy atom. The van der Waals surface area contributed by atoms with Crippen LogP contribution in [0.15, 0.2) is 46.2 Å². The Labute approximate surface area is 163 Å². The van der Waals surface area contributed by atoms with Crippen molar-refractivity contribution in [2.75, 3.05) is 33.3 Å². The van der Waals surface area contributed by atoms with Gasteiger partial charge in [-0.05, 0) is 36.1 Å². The standard InChI is InChI=1S/C20H24N4O2S/c1-15(19-21-22-20(26-19)18-4-3-13-27-18)24-11-9-23(10-12-24)14-16-5-7-17(25-2)8-6-16/h3-8,13,15H,9-12,14H2,1-2H3/t15-/m0/s1. The molecule has 1 aliphatic heterocycles. The maximum Gasteiger partial charge on any atom is 0.257 e. The van der Waals surface area contributed by atoms with Crippen molar-refractivity contribution in [3.05, 3.63) is 53.2 Å². The Bertz CT molecular complexity index is 839. The van der Waals surface area contributed by atoms with Gasteiger partial charge in [0.2, 0.25) is 5.89 Å². The molecule has 1 saturated heterocycles. The van der Waals surface area contributed by atoms with Gasteiger partial charge in [-0.2, -0.15) is 0 Å². The molecule has 142 valence electrons. The Hall–Kier alpha value is -2.22. The second-order valence-electron chi connectivity index (χ2n) is 6.76. The van der Waals surface area contributed by atoms with Crippen molar-refractivity contribution in [1.82, 2.24) is 20.0 Å². The number of benzene rings is 1. The number of rotatable bonds is 6. The summed E-state index contributed by atoms with van der Waals surface area (Å²) in [5, 5.41) is 10.5. The second kappa shape index (κ2) is 8.21. The van der Waals surface area contributed by atoms with Crippen molar-refractivity contribution in [2.45, 2.75) is 19.5 Å². The molecule has 1 aromatic carbocycles. The van der Waals surface area contributed by atoms with E-state index in [4.69, 9.17) is 9.15 Å². The number of hydrogen-bond acceptors (Lipinski definition) is 7. The molecule has 1 atom stereocenters. The molecule has 4 rings (SSSR count). The van der Waals surface area contributed by atoms with Crippen molar-refractivity contribution >= 4 is 11.3 Å². The molecule has 0 bridgehead atoms. The van der Waals surface area contributed by atoms with Crippen LogP contribution in [0.2, 0.25) is 0 Å².